The molecule has 0 atom stereocenters. The van der Waals surface area contributed by atoms with E-state index in [0.717, 1.165) is 51.0 Å². The second kappa shape index (κ2) is 8.13. The van der Waals surface area contributed by atoms with Gasteiger partial charge in [0.2, 0.25) is 0 Å². The van der Waals surface area contributed by atoms with Gasteiger partial charge < -0.3 is 16.0 Å². The van der Waals surface area contributed by atoms with Gasteiger partial charge in [0.15, 0.2) is 0 Å². The molecule has 0 aromatic carbocycles. The van der Waals surface area contributed by atoms with Gasteiger partial charge in [-0.25, -0.2) is 4.98 Å². The highest BCUT2D eigenvalue weighted by Crippen LogP contribution is 2.18. The molecule has 1 aromatic rings. The standard InChI is InChI=1S/C17H28N4O/c1-3-11-21(4-2)16-10-5-13(12-19-16)17(22)20-15-8-6-14(18)7-9-15/h5,10,12,14-15H,3-4,6-9,11,18H2,1-2H3,(H,20,22). The van der Waals surface area contributed by atoms with Crippen LogP contribution in [0.3, 0.4) is 0 Å². The van der Waals surface area contributed by atoms with Crippen LogP contribution in [-0.4, -0.2) is 36.1 Å². The molecule has 0 aliphatic heterocycles. The lowest BCUT2D eigenvalue weighted by atomic mass is 9.92. The number of anilines is 1. The quantitative estimate of drug-likeness (QED) is 0.846. The highest BCUT2D eigenvalue weighted by molar-refractivity contribution is 5.94. The van der Waals surface area contributed by atoms with E-state index >= 15 is 0 Å². The lowest BCUT2D eigenvalue weighted by Crippen LogP contribution is -2.40. The van der Waals surface area contributed by atoms with Crippen molar-refractivity contribution in [2.24, 2.45) is 5.73 Å². The van der Waals surface area contributed by atoms with Crippen molar-refractivity contribution in [3.05, 3.63) is 23.9 Å². The minimum atomic E-state index is -0.0296. The summed E-state index contributed by atoms with van der Waals surface area (Å²) in [7, 11) is 0. The van der Waals surface area contributed by atoms with Crippen molar-refractivity contribution in [1.82, 2.24) is 10.3 Å². The van der Waals surface area contributed by atoms with E-state index in [9.17, 15) is 4.79 Å². The highest BCUT2D eigenvalue weighted by atomic mass is 16.1. The number of carbonyl (C=O) groups is 1. The Balaban J connectivity index is 1.93. The van der Waals surface area contributed by atoms with Crippen LogP contribution in [0, 0.1) is 0 Å². The SMILES string of the molecule is CCCN(CC)c1ccc(C(=O)NC2CCC(N)CC2)cn1. The number of amides is 1. The van der Waals surface area contributed by atoms with Crippen LogP contribution in [0.4, 0.5) is 5.82 Å². The van der Waals surface area contributed by atoms with Crippen molar-refractivity contribution in [2.75, 3.05) is 18.0 Å². The average Bonchev–Trinajstić information content (AvgIpc) is 2.55. The normalized spacial score (nSPS) is 21.4. The van der Waals surface area contributed by atoms with Gasteiger partial charge in [0.1, 0.15) is 5.82 Å². The van der Waals surface area contributed by atoms with Gasteiger partial charge in [0, 0.05) is 31.4 Å². The van der Waals surface area contributed by atoms with Crippen LogP contribution < -0.4 is 16.0 Å². The number of aromatic nitrogens is 1. The molecule has 1 heterocycles. The lowest BCUT2D eigenvalue weighted by molar-refractivity contribution is 0.0925. The summed E-state index contributed by atoms with van der Waals surface area (Å²) >= 11 is 0. The maximum atomic E-state index is 12.3. The predicted molar refractivity (Wildman–Crippen MR) is 90.1 cm³/mol. The number of nitrogens with one attached hydrogen (secondary N) is 1. The number of hydrogen-bond acceptors (Lipinski definition) is 4. The van der Waals surface area contributed by atoms with Gasteiger partial charge in [-0.3, -0.25) is 4.79 Å². The van der Waals surface area contributed by atoms with Gasteiger partial charge >= 0.3 is 0 Å². The van der Waals surface area contributed by atoms with E-state index in [1.165, 1.54) is 0 Å². The van der Waals surface area contributed by atoms with Crippen LogP contribution in [0.15, 0.2) is 18.3 Å². The van der Waals surface area contributed by atoms with E-state index in [1.54, 1.807) is 6.20 Å². The van der Waals surface area contributed by atoms with Crippen LogP contribution in [0.25, 0.3) is 0 Å². The Hall–Kier alpha value is -1.62. The first-order valence-electron chi connectivity index (χ1n) is 8.41. The molecule has 1 amide bonds. The van der Waals surface area contributed by atoms with E-state index < -0.39 is 0 Å². The summed E-state index contributed by atoms with van der Waals surface area (Å²) in [5, 5.41) is 3.10. The van der Waals surface area contributed by atoms with Gasteiger partial charge in [0.05, 0.1) is 5.56 Å². The molecule has 0 unspecified atom stereocenters. The lowest BCUT2D eigenvalue weighted by Gasteiger charge is -2.26. The molecule has 3 N–H and O–H groups in total. The van der Waals surface area contributed by atoms with E-state index in [2.05, 4.69) is 29.0 Å². The first kappa shape index (κ1) is 16.7. The molecule has 1 aliphatic rings. The fraction of sp³-hybridized carbons (Fsp3) is 0.647. The summed E-state index contributed by atoms with van der Waals surface area (Å²) in [6, 6.07) is 4.35. The Morgan fingerprint density at radius 2 is 2.05 bits per heavy atom. The smallest absolute Gasteiger partial charge is 0.253 e. The molecule has 0 radical (unpaired) electrons. The van der Waals surface area contributed by atoms with E-state index in [-0.39, 0.29) is 11.9 Å². The molecule has 5 heteroatoms. The number of nitrogens with two attached hydrogens (primary N) is 1. The largest absolute Gasteiger partial charge is 0.357 e. The molecule has 22 heavy (non-hydrogen) atoms. The molecular weight excluding hydrogens is 276 g/mol. The van der Waals surface area contributed by atoms with Gasteiger partial charge in [-0.05, 0) is 51.2 Å². The molecule has 2 rings (SSSR count). The zero-order chi connectivity index (χ0) is 15.9. The summed E-state index contributed by atoms with van der Waals surface area (Å²) in [6.45, 7) is 6.18. The summed E-state index contributed by atoms with van der Waals surface area (Å²) in [5.41, 5.74) is 6.52. The van der Waals surface area contributed by atoms with Crippen LogP contribution in [0.1, 0.15) is 56.3 Å². The minimum absolute atomic E-state index is 0.0296. The second-order valence-electron chi connectivity index (χ2n) is 6.07. The van der Waals surface area contributed by atoms with Gasteiger partial charge in [-0.15, -0.1) is 0 Å². The maximum absolute atomic E-state index is 12.3. The fourth-order valence-corrected chi connectivity index (χ4v) is 2.94. The zero-order valence-electron chi connectivity index (χ0n) is 13.7. The Morgan fingerprint density at radius 3 is 2.59 bits per heavy atom. The van der Waals surface area contributed by atoms with E-state index in [1.807, 2.05) is 12.1 Å². The van der Waals surface area contributed by atoms with Crippen LogP contribution in [-0.2, 0) is 0 Å². The maximum Gasteiger partial charge on any atom is 0.253 e. The molecule has 5 nitrogen and oxygen atoms in total. The summed E-state index contributed by atoms with van der Waals surface area (Å²) in [4.78, 5) is 18.9. The Labute approximate surface area is 133 Å². The summed E-state index contributed by atoms with van der Waals surface area (Å²) in [6.07, 6.45) is 6.69. The average molecular weight is 304 g/mol. The number of pyridine rings is 1. The Kier molecular flexibility index (Phi) is 6.19. The fourth-order valence-electron chi connectivity index (χ4n) is 2.94. The molecule has 0 saturated heterocycles. The first-order chi connectivity index (χ1) is 10.6. The summed E-state index contributed by atoms with van der Waals surface area (Å²) < 4.78 is 0. The first-order valence-corrected chi connectivity index (χ1v) is 8.41. The number of carbonyl (C=O) groups excluding carboxylic acids is 1. The topological polar surface area (TPSA) is 71.2 Å². The second-order valence-corrected chi connectivity index (χ2v) is 6.07. The molecule has 1 aromatic heterocycles. The monoisotopic (exact) mass is 304 g/mol. The van der Waals surface area contributed by atoms with Crippen molar-refractivity contribution < 1.29 is 4.79 Å². The number of nitrogens with zero attached hydrogens (tertiary/aromatic N) is 2. The van der Waals surface area contributed by atoms with Crippen molar-refractivity contribution in [2.45, 2.75) is 58.0 Å². The zero-order valence-corrected chi connectivity index (χ0v) is 13.7. The van der Waals surface area contributed by atoms with Crippen LogP contribution in [0.2, 0.25) is 0 Å². The molecule has 1 saturated carbocycles. The highest BCUT2D eigenvalue weighted by Gasteiger charge is 2.20. The van der Waals surface area contributed by atoms with Crippen molar-refractivity contribution >= 4 is 11.7 Å². The third-order valence-electron chi connectivity index (χ3n) is 4.32. The molecule has 1 aliphatic carbocycles. The molecule has 0 spiro atoms. The Morgan fingerprint density at radius 1 is 1.32 bits per heavy atom. The van der Waals surface area contributed by atoms with Gasteiger partial charge in [-0.2, -0.15) is 0 Å². The predicted octanol–water partition coefficient (Wildman–Crippen LogP) is 2.32. The number of hydrogen-bond donors (Lipinski definition) is 2. The van der Waals surface area contributed by atoms with E-state index in [0.29, 0.717) is 11.6 Å². The molecule has 0 bridgehead atoms. The summed E-state index contributed by atoms with van der Waals surface area (Å²) in [5.74, 6) is 0.905. The van der Waals surface area contributed by atoms with Crippen molar-refractivity contribution in [3.63, 3.8) is 0 Å². The van der Waals surface area contributed by atoms with Crippen LogP contribution in [0.5, 0.6) is 0 Å². The molecular formula is C17H28N4O. The van der Waals surface area contributed by atoms with Crippen LogP contribution >= 0.6 is 0 Å². The minimum Gasteiger partial charge on any atom is -0.357 e. The molecule has 1 fully saturated rings. The molecule has 122 valence electrons. The third kappa shape index (κ3) is 4.44. The Bertz CT molecular complexity index is 466. The van der Waals surface area contributed by atoms with E-state index in [4.69, 9.17) is 5.73 Å². The van der Waals surface area contributed by atoms with Crippen molar-refractivity contribution in [3.8, 4) is 0 Å². The third-order valence-corrected chi connectivity index (χ3v) is 4.32. The van der Waals surface area contributed by atoms with Gasteiger partial charge in [-0.1, -0.05) is 6.92 Å². The number of rotatable bonds is 6. The van der Waals surface area contributed by atoms with Crippen molar-refractivity contribution in [1.29, 1.82) is 0 Å². The van der Waals surface area contributed by atoms with Gasteiger partial charge in [0.25, 0.3) is 5.91 Å².